The van der Waals surface area contributed by atoms with E-state index in [1.807, 2.05) is 12.5 Å². The second kappa shape index (κ2) is 6.34. The zero-order chi connectivity index (χ0) is 17.6. The van der Waals surface area contributed by atoms with Crippen LogP contribution in [0.4, 0.5) is 0 Å². The van der Waals surface area contributed by atoms with Crippen molar-refractivity contribution in [1.29, 1.82) is 0 Å². The lowest BCUT2D eigenvalue weighted by Crippen LogP contribution is -2.48. The van der Waals surface area contributed by atoms with Crippen molar-refractivity contribution < 1.29 is 5.11 Å². The molecule has 1 aromatic carbocycles. The Balaban J connectivity index is 1.44. The summed E-state index contributed by atoms with van der Waals surface area (Å²) in [6.07, 6.45) is 7.19. The molecule has 0 unspecified atom stereocenters. The number of likely N-dealkylation sites (tertiary alicyclic amines) is 1. The van der Waals surface area contributed by atoms with Crippen molar-refractivity contribution in [1.82, 2.24) is 14.5 Å². The number of piperidine rings is 1. The summed E-state index contributed by atoms with van der Waals surface area (Å²) in [5, 5.41) is 15.8. The molecule has 3 heterocycles. The Morgan fingerprint density at radius 1 is 1.19 bits per heavy atom. The first kappa shape index (κ1) is 16.2. The van der Waals surface area contributed by atoms with E-state index in [4.69, 9.17) is 0 Å². The van der Waals surface area contributed by atoms with E-state index in [0.717, 1.165) is 32.5 Å². The largest absolute Gasteiger partial charge is 0.390 e. The first-order valence-electron chi connectivity index (χ1n) is 9.26. The molecule has 134 valence electrons. The van der Waals surface area contributed by atoms with Crippen molar-refractivity contribution in [2.24, 2.45) is 0 Å². The van der Waals surface area contributed by atoms with Gasteiger partial charge >= 0.3 is 0 Å². The Kier molecular flexibility index (Phi) is 3.96. The minimum Gasteiger partial charge on any atom is -0.390 e. The monoisotopic (exact) mass is 365 g/mol. The van der Waals surface area contributed by atoms with Gasteiger partial charge in [-0.05, 0) is 59.4 Å². The van der Waals surface area contributed by atoms with Gasteiger partial charge in [0.1, 0.15) is 0 Å². The maximum atomic E-state index is 11.4. The Morgan fingerprint density at radius 3 is 2.77 bits per heavy atom. The highest BCUT2D eigenvalue weighted by Crippen LogP contribution is 2.52. The van der Waals surface area contributed by atoms with Crippen LogP contribution in [0.3, 0.4) is 0 Å². The number of aliphatic hydroxyl groups is 1. The van der Waals surface area contributed by atoms with E-state index in [-0.39, 0.29) is 11.5 Å². The molecule has 0 saturated carbocycles. The number of aliphatic hydroxyl groups excluding tert-OH is 1. The molecular formula is C21H23N3OS. The second-order valence-corrected chi connectivity index (χ2v) is 8.33. The molecule has 3 aromatic rings. The Labute approximate surface area is 157 Å². The normalized spacial score (nSPS) is 24.8. The molecule has 4 nitrogen and oxygen atoms in total. The average Bonchev–Trinajstić information content (AvgIpc) is 3.40. The van der Waals surface area contributed by atoms with Gasteiger partial charge in [0.05, 0.1) is 18.5 Å². The van der Waals surface area contributed by atoms with Gasteiger partial charge in [-0.25, -0.2) is 4.98 Å². The predicted molar refractivity (Wildman–Crippen MR) is 103 cm³/mol. The van der Waals surface area contributed by atoms with Gasteiger partial charge in [-0.2, -0.15) is 11.3 Å². The number of fused-ring (bicyclic) bond motifs is 2. The number of aromatic nitrogens is 2. The van der Waals surface area contributed by atoms with Crippen LogP contribution in [0, 0.1) is 0 Å². The van der Waals surface area contributed by atoms with Crippen molar-refractivity contribution in [2.75, 3.05) is 13.1 Å². The van der Waals surface area contributed by atoms with E-state index in [2.05, 4.69) is 55.5 Å². The van der Waals surface area contributed by atoms with E-state index in [0.29, 0.717) is 0 Å². The van der Waals surface area contributed by atoms with Crippen LogP contribution in [0.5, 0.6) is 0 Å². The van der Waals surface area contributed by atoms with Gasteiger partial charge in [0.25, 0.3) is 0 Å². The van der Waals surface area contributed by atoms with Gasteiger partial charge in [-0.3, -0.25) is 4.90 Å². The maximum absolute atomic E-state index is 11.4. The number of hydrogen-bond acceptors (Lipinski definition) is 4. The molecule has 2 aliphatic rings. The number of thiophene rings is 1. The first-order chi connectivity index (χ1) is 12.8. The summed E-state index contributed by atoms with van der Waals surface area (Å²) in [5.74, 6) is 0. The molecule has 0 amide bonds. The number of rotatable bonds is 3. The van der Waals surface area contributed by atoms with Crippen LogP contribution in [0.25, 0.3) is 0 Å². The molecular weight excluding hydrogens is 342 g/mol. The second-order valence-electron chi connectivity index (χ2n) is 7.55. The molecule has 1 N–H and O–H groups in total. The summed E-state index contributed by atoms with van der Waals surface area (Å²) in [4.78, 5) is 6.73. The van der Waals surface area contributed by atoms with Crippen molar-refractivity contribution in [3.05, 3.63) is 76.5 Å². The minimum atomic E-state index is -0.405. The molecule has 2 atom stereocenters. The van der Waals surface area contributed by atoms with Crippen LogP contribution in [0.1, 0.15) is 35.6 Å². The van der Waals surface area contributed by atoms with Gasteiger partial charge in [0.15, 0.2) is 0 Å². The fourth-order valence-corrected chi connectivity index (χ4v) is 5.57. The van der Waals surface area contributed by atoms with E-state index >= 15 is 0 Å². The molecule has 1 aliphatic carbocycles. The summed E-state index contributed by atoms with van der Waals surface area (Å²) in [7, 11) is 0. The summed E-state index contributed by atoms with van der Waals surface area (Å²) < 4.78 is 2.07. The Bertz CT molecular complexity index is 867. The molecule has 0 radical (unpaired) electrons. The van der Waals surface area contributed by atoms with Crippen molar-refractivity contribution >= 4 is 11.3 Å². The Hall–Kier alpha value is -1.95. The van der Waals surface area contributed by atoms with Gasteiger partial charge in [-0.1, -0.05) is 24.3 Å². The summed E-state index contributed by atoms with van der Waals surface area (Å²) in [5.41, 5.74) is 3.84. The third-order valence-electron chi connectivity index (χ3n) is 6.26. The fourth-order valence-electron chi connectivity index (χ4n) is 4.91. The highest BCUT2D eigenvalue weighted by Gasteiger charge is 2.52. The van der Waals surface area contributed by atoms with Crippen molar-refractivity contribution in [3.8, 4) is 0 Å². The summed E-state index contributed by atoms with van der Waals surface area (Å²) in [6, 6.07) is 10.8. The van der Waals surface area contributed by atoms with Crippen LogP contribution in [-0.4, -0.2) is 38.8 Å². The fraction of sp³-hybridized carbons (Fsp3) is 0.381. The highest BCUT2D eigenvalue weighted by molar-refractivity contribution is 7.07. The van der Waals surface area contributed by atoms with E-state index in [1.165, 1.54) is 16.7 Å². The highest BCUT2D eigenvalue weighted by atomic mass is 32.1. The molecule has 0 bridgehead atoms. The molecule has 2 aromatic heterocycles. The third kappa shape index (κ3) is 2.46. The summed E-state index contributed by atoms with van der Waals surface area (Å²) in [6.45, 7) is 3.07. The number of hydrogen-bond donors (Lipinski definition) is 1. The predicted octanol–water partition coefficient (Wildman–Crippen LogP) is 3.44. The lowest BCUT2D eigenvalue weighted by atomic mass is 9.72. The van der Waals surface area contributed by atoms with E-state index < -0.39 is 6.10 Å². The Morgan fingerprint density at radius 2 is 2.04 bits per heavy atom. The van der Waals surface area contributed by atoms with Crippen LogP contribution in [-0.2, 0) is 12.0 Å². The molecule has 26 heavy (non-hydrogen) atoms. The lowest BCUT2D eigenvalue weighted by molar-refractivity contribution is 0.0206. The quantitative estimate of drug-likeness (QED) is 0.773. The van der Waals surface area contributed by atoms with Crippen LogP contribution < -0.4 is 0 Å². The number of imidazole rings is 1. The van der Waals surface area contributed by atoms with Crippen LogP contribution >= 0.6 is 11.3 Å². The maximum Gasteiger partial charge on any atom is 0.0952 e. The third-order valence-corrected chi connectivity index (χ3v) is 6.99. The van der Waals surface area contributed by atoms with Crippen molar-refractivity contribution in [2.45, 2.75) is 36.9 Å². The van der Waals surface area contributed by atoms with Gasteiger partial charge in [0, 0.05) is 24.4 Å². The zero-order valence-corrected chi connectivity index (χ0v) is 15.5. The standard InChI is InChI=1S/C21H23N3OS/c25-20-19(24-11-8-22-15-24)17-3-1-2-4-18(17)21(20)6-9-23(10-7-21)13-16-5-12-26-14-16/h1-5,8,11-12,14-15,19-20,25H,6-7,9-10,13H2/t19-,20+/m0/s1. The topological polar surface area (TPSA) is 41.3 Å². The lowest BCUT2D eigenvalue weighted by Gasteiger charge is -2.42. The average molecular weight is 366 g/mol. The summed E-state index contributed by atoms with van der Waals surface area (Å²) >= 11 is 1.76. The molecule has 1 saturated heterocycles. The van der Waals surface area contributed by atoms with E-state index in [1.54, 1.807) is 17.5 Å². The number of benzene rings is 1. The number of nitrogens with zero attached hydrogens (tertiary/aromatic N) is 3. The molecule has 1 spiro atoms. The van der Waals surface area contributed by atoms with Gasteiger partial charge in [0.2, 0.25) is 0 Å². The molecule has 5 heteroatoms. The zero-order valence-electron chi connectivity index (χ0n) is 14.7. The smallest absolute Gasteiger partial charge is 0.0952 e. The van der Waals surface area contributed by atoms with Crippen LogP contribution in [0.2, 0.25) is 0 Å². The first-order valence-corrected chi connectivity index (χ1v) is 10.2. The van der Waals surface area contributed by atoms with Gasteiger partial charge in [-0.15, -0.1) is 0 Å². The van der Waals surface area contributed by atoms with Crippen LogP contribution in [0.15, 0.2) is 59.8 Å². The molecule has 5 rings (SSSR count). The van der Waals surface area contributed by atoms with E-state index in [9.17, 15) is 5.11 Å². The minimum absolute atomic E-state index is 0.0304. The SMILES string of the molecule is O[C@@H]1[C@@H](n2ccnc2)c2ccccc2C12CCN(Cc1ccsc1)CC2. The molecule has 1 aliphatic heterocycles. The van der Waals surface area contributed by atoms with Crippen molar-refractivity contribution in [3.63, 3.8) is 0 Å². The molecule has 1 fully saturated rings. The van der Waals surface area contributed by atoms with Gasteiger partial charge < -0.3 is 9.67 Å².